The zero-order chi connectivity index (χ0) is 6.57. The minimum absolute atomic E-state index is 0.345. The van der Waals surface area contributed by atoms with Crippen molar-refractivity contribution < 1.29 is 0 Å². The predicted octanol–water partition coefficient (Wildman–Crippen LogP) is 2.26. The van der Waals surface area contributed by atoms with Gasteiger partial charge in [0, 0.05) is 0 Å². The van der Waals surface area contributed by atoms with E-state index in [1.807, 2.05) is 27.7 Å². The molecule has 0 aliphatic heterocycles. The quantitative estimate of drug-likeness (QED) is 0.492. The molecule has 0 atom stereocenters. The van der Waals surface area contributed by atoms with E-state index in [4.69, 9.17) is 0 Å². The number of nitrogens with zero attached hydrogens (tertiary/aromatic N) is 2. The summed E-state index contributed by atoms with van der Waals surface area (Å²) in [5.41, 5.74) is 0. The molecule has 2 nitrogen and oxygen atoms in total. The molecule has 0 aromatic heterocycles. The molecule has 0 N–H and O–H groups in total. The Labute approximate surface area is 51.0 Å². The van der Waals surface area contributed by atoms with E-state index in [2.05, 4.69) is 10.2 Å². The molecule has 0 radical (unpaired) electrons. The van der Waals surface area contributed by atoms with Crippen molar-refractivity contribution in [3.63, 3.8) is 0 Å². The van der Waals surface area contributed by atoms with Gasteiger partial charge in [-0.3, -0.25) is 0 Å². The van der Waals surface area contributed by atoms with Crippen LogP contribution < -0.4 is 0 Å². The summed E-state index contributed by atoms with van der Waals surface area (Å²) in [5, 5.41) is 7.90. The molecule has 0 aromatic carbocycles. The van der Waals surface area contributed by atoms with Crippen molar-refractivity contribution in [1.82, 2.24) is 0 Å². The Morgan fingerprint density at radius 2 is 1.00 bits per heavy atom. The van der Waals surface area contributed by atoms with Gasteiger partial charge in [-0.25, -0.2) is 0 Å². The van der Waals surface area contributed by atoms with Crippen molar-refractivity contribution >= 4 is 0 Å². The fourth-order valence-electron chi connectivity index (χ4n) is 0.267. The van der Waals surface area contributed by atoms with E-state index in [1.54, 1.807) is 0 Å². The third kappa shape index (κ3) is 5.60. The average Bonchev–Trinajstić information content (AvgIpc) is 1.61. The summed E-state index contributed by atoms with van der Waals surface area (Å²) < 4.78 is 0. The average molecular weight is 114 g/mol. The van der Waals surface area contributed by atoms with E-state index in [0.29, 0.717) is 12.1 Å². The number of hydrogen-bond donors (Lipinski definition) is 0. The van der Waals surface area contributed by atoms with Crippen LogP contribution in [0.5, 0.6) is 0 Å². The zero-order valence-electron chi connectivity index (χ0n) is 6.05. The maximum Gasteiger partial charge on any atom is 0.0652 e. The molecule has 0 fully saturated rings. The number of hydrogen-bond acceptors (Lipinski definition) is 2. The first-order valence-corrected chi connectivity index (χ1v) is 3.03. The maximum absolute atomic E-state index is 3.95. The van der Waals surface area contributed by atoms with Crippen LogP contribution >= 0.6 is 0 Å². The molecule has 0 aliphatic rings. The lowest BCUT2D eigenvalue weighted by molar-refractivity contribution is 0.678. The van der Waals surface area contributed by atoms with Gasteiger partial charge in [0.05, 0.1) is 12.1 Å². The van der Waals surface area contributed by atoms with Gasteiger partial charge in [0.25, 0.3) is 0 Å². The van der Waals surface area contributed by atoms with Crippen LogP contribution in [0.4, 0.5) is 0 Å². The summed E-state index contributed by atoms with van der Waals surface area (Å²) in [7, 11) is 0. The van der Waals surface area contributed by atoms with Gasteiger partial charge in [-0.05, 0) is 27.7 Å². The van der Waals surface area contributed by atoms with Crippen molar-refractivity contribution in [2.45, 2.75) is 39.8 Å². The minimum atomic E-state index is 0.345. The van der Waals surface area contributed by atoms with Crippen LogP contribution in [0.2, 0.25) is 0 Å². The molecule has 8 heavy (non-hydrogen) atoms. The molecule has 0 unspecified atom stereocenters. The molecule has 0 aromatic rings. The third-order valence-corrected chi connectivity index (χ3v) is 0.529. The summed E-state index contributed by atoms with van der Waals surface area (Å²) in [6.07, 6.45) is 0. The first kappa shape index (κ1) is 7.60. The van der Waals surface area contributed by atoms with Crippen molar-refractivity contribution in [3.8, 4) is 0 Å². The summed E-state index contributed by atoms with van der Waals surface area (Å²) in [5.74, 6) is 0. The van der Waals surface area contributed by atoms with Gasteiger partial charge in [-0.2, -0.15) is 10.2 Å². The van der Waals surface area contributed by atoms with Gasteiger partial charge in [0.1, 0.15) is 0 Å². The predicted molar refractivity (Wildman–Crippen MR) is 35.1 cm³/mol. The summed E-state index contributed by atoms with van der Waals surface area (Å²) in [6.45, 7) is 8.08. The van der Waals surface area contributed by atoms with Crippen LogP contribution in [-0.2, 0) is 0 Å². The normalized spacial score (nSPS) is 12.2. The van der Waals surface area contributed by atoms with Crippen LogP contribution in [0, 0.1) is 0 Å². The molecular weight excluding hydrogens is 100 g/mol. The molecule has 0 saturated carbocycles. The number of azo groups is 1. The molecule has 0 amide bonds. The highest BCUT2D eigenvalue weighted by molar-refractivity contribution is 4.49. The molecule has 0 aliphatic carbocycles. The zero-order valence-corrected chi connectivity index (χ0v) is 6.05. The lowest BCUT2D eigenvalue weighted by Gasteiger charge is -1.94. The van der Waals surface area contributed by atoms with E-state index >= 15 is 0 Å². The van der Waals surface area contributed by atoms with Gasteiger partial charge in [-0.15, -0.1) is 0 Å². The number of rotatable bonds is 2. The molecule has 0 heterocycles. The highest BCUT2D eigenvalue weighted by Gasteiger charge is 1.87. The van der Waals surface area contributed by atoms with Gasteiger partial charge in [0.2, 0.25) is 0 Å². The fourth-order valence-corrected chi connectivity index (χ4v) is 0.267. The molecule has 48 valence electrons. The Morgan fingerprint density at radius 3 is 1.12 bits per heavy atom. The first-order valence-electron chi connectivity index (χ1n) is 3.03. The Kier molecular flexibility index (Phi) is 3.40. The van der Waals surface area contributed by atoms with E-state index in [0.717, 1.165) is 0 Å². The minimum Gasteiger partial charge on any atom is -0.191 e. The monoisotopic (exact) mass is 114 g/mol. The molecular formula is C6H14N2. The summed E-state index contributed by atoms with van der Waals surface area (Å²) >= 11 is 0. The van der Waals surface area contributed by atoms with Crippen LogP contribution in [-0.4, -0.2) is 12.1 Å². The summed E-state index contributed by atoms with van der Waals surface area (Å²) in [6, 6.07) is 0.690. The maximum atomic E-state index is 3.95. The molecule has 0 saturated heterocycles. The lowest BCUT2D eigenvalue weighted by atomic mass is 10.4. The van der Waals surface area contributed by atoms with Crippen molar-refractivity contribution in [3.05, 3.63) is 0 Å². The van der Waals surface area contributed by atoms with Gasteiger partial charge >= 0.3 is 0 Å². The summed E-state index contributed by atoms with van der Waals surface area (Å²) in [4.78, 5) is 0. The molecule has 2 heteroatoms. The van der Waals surface area contributed by atoms with Crippen molar-refractivity contribution in [2.75, 3.05) is 0 Å². The van der Waals surface area contributed by atoms with Crippen molar-refractivity contribution in [1.29, 1.82) is 0 Å². The van der Waals surface area contributed by atoms with Crippen LogP contribution in [0.3, 0.4) is 0 Å². The Hall–Kier alpha value is -0.400. The Bertz CT molecular complexity index is 64.6. The molecule has 0 rings (SSSR count). The second-order valence-corrected chi connectivity index (χ2v) is 2.42. The van der Waals surface area contributed by atoms with Gasteiger partial charge < -0.3 is 0 Å². The fraction of sp³-hybridized carbons (Fsp3) is 1.00. The van der Waals surface area contributed by atoms with Gasteiger partial charge in [0.15, 0.2) is 0 Å². The lowest BCUT2D eigenvalue weighted by Crippen LogP contribution is -1.90. The van der Waals surface area contributed by atoms with Gasteiger partial charge in [-0.1, -0.05) is 0 Å². The van der Waals surface area contributed by atoms with Crippen LogP contribution in [0.25, 0.3) is 0 Å². The van der Waals surface area contributed by atoms with Crippen LogP contribution in [0.15, 0.2) is 10.2 Å². The first-order chi connectivity index (χ1) is 3.63. The largest absolute Gasteiger partial charge is 0.191 e. The second-order valence-electron chi connectivity index (χ2n) is 2.42. The molecule has 0 spiro atoms. The van der Waals surface area contributed by atoms with Crippen molar-refractivity contribution in [2.24, 2.45) is 10.2 Å². The Morgan fingerprint density at radius 1 is 0.750 bits per heavy atom. The van der Waals surface area contributed by atoms with E-state index in [1.165, 1.54) is 0 Å². The van der Waals surface area contributed by atoms with E-state index in [9.17, 15) is 0 Å². The smallest absolute Gasteiger partial charge is 0.0652 e. The van der Waals surface area contributed by atoms with E-state index in [-0.39, 0.29) is 0 Å². The standard InChI is InChI=1S/C6H14N2/c1-5(2)7-8-6(3)4/h5-6H,1-4H3/b8-7+. The Balaban J connectivity index is 3.34. The van der Waals surface area contributed by atoms with E-state index < -0.39 is 0 Å². The topological polar surface area (TPSA) is 24.7 Å². The van der Waals surface area contributed by atoms with Crippen LogP contribution in [0.1, 0.15) is 27.7 Å². The molecule has 0 bridgehead atoms. The highest BCUT2D eigenvalue weighted by Crippen LogP contribution is 1.91. The second kappa shape index (κ2) is 3.58. The highest BCUT2D eigenvalue weighted by atomic mass is 15.1. The third-order valence-electron chi connectivity index (χ3n) is 0.529. The SMILES string of the molecule is CC(C)/N=N/C(C)C.